The Hall–Kier alpha value is -1.16. The molecule has 0 aliphatic carbocycles. The smallest absolute Gasteiger partial charge is 0.259 e. The molecule has 1 aromatic rings. The SMILES string of the molecule is O=C1NC(=O)c2c(CCCCCCCCCCCCBr)cccc21. The maximum absolute atomic E-state index is 11.9. The zero-order valence-corrected chi connectivity index (χ0v) is 16.0. The van der Waals surface area contributed by atoms with Gasteiger partial charge in [-0.25, -0.2) is 0 Å². The van der Waals surface area contributed by atoms with Crippen LogP contribution < -0.4 is 5.32 Å². The Morgan fingerprint density at radius 3 is 1.96 bits per heavy atom. The summed E-state index contributed by atoms with van der Waals surface area (Å²) in [5.41, 5.74) is 2.16. The second-order valence-corrected chi connectivity index (χ2v) is 7.39. The number of benzene rings is 1. The minimum absolute atomic E-state index is 0.231. The van der Waals surface area contributed by atoms with E-state index in [-0.39, 0.29) is 11.8 Å². The highest BCUT2D eigenvalue weighted by atomic mass is 79.9. The summed E-state index contributed by atoms with van der Waals surface area (Å²) in [6, 6.07) is 5.59. The molecule has 0 bridgehead atoms. The Kier molecular flexibility index (Phi) is 8.51. The minimum Gasteiger partial charge on any atom is -0.288 e. The number of aryl methyl sites for hydroxylation is 1. The van der Waals surface area contributed by atoms with Crippen LogP contribution in [0.2, 0.25) is 0 Å². The van der Waals surface area contributed by atoms with Gasteiger partial charge in [0.05, 0.1) is 11.1 Å². The van der Waals surface area contributed by atoms with Gasteiger partial charge >= 0.3 is 0 Å². The molecule has 0 radical (unpaired) electrons. The van der Waals surface area contributed by atoms with E-state index in [1.807, 2.05) is 12.1 Å². The molecule has 4 heteroatoms. The molecule has 0 saturated carbocycles. The van der Waals surface area contributed by atoms with Gasteiger partial charge in [-0.1, -0.05) is 79.4 Å². The molecule has 0 fully saturated rings. The molecule has 1 aliphatic rings. The van der Waals surface area contributed by atoms with Crippen LogP contribution in [0.4, 0.5) is 0 Å². The van der Waals surface area contributed by atoms with E-state index in [9.17, 15) is 9.59 Å². The summed E-state index contributed by atoms with van der Waals surface area (Å²) in [6.07, 6.45) is 13.8. The van der Waals surface area contributed by atoms with E-state index in [0.717, 1.165) is 23.7 Å². The second-order valence-electron chi connectivity index (χ2n) is 6.60. The molecule has 2 amide bonds. The summed E-state index contributed by atoms with van der Waals surface area (Å²) in [7, 11) is 0. The van der Waals surface area contributed by atoms with Crippen LogP contribution >= 0.6 is 15.9 Å². The van der Waals surface area contributed by atoms with Crippen molar-refractivity contribution >= 4 is 27.7 Å². The highest BCUT2D eigenvalue weighted by molar-refractivity contribution is 9.09. The van der Waals surface area contributed by atoms with Gasteiger partial charge in [0.25, 0.3) is 11.8 Å². The number of halogens is 1. The molecule has 3 nitrogen and oxygen atoms in total. The highest BCUT2D eigenvalue weighted by Crippen LogP contribution is 2.22. The number of carbonyl (C=O) groups is 2. The maximum Gasteiger partial charge on any atom is 0.259 e. The number of rotatable bonds is 12. The molecule has 1 aromatic carbocycles. The summed E-state index contributed by atoms with van der Waals surface area (Å²) in [5.74, 6) is -0.488. The van der Waals surface area contributed by atoms with Crippen molar-refractivity contribution in [2.24, 2.45) is 0 Å². The van der Waals surface area contributed by atoms with Gasteiger partial charge in [0.1, 0.15) is 0 Å². The average Bonchev–Trinajstić information content (AvgIpc) is 2.88. The number of fused-ring (bicyclic) bond motifs is 1. The van der Waals surface area contributed by atoms with Crippen LogP contribution in [-0.2, 0) is 6.42 Å². The van der Waals surface area contributed by atoms with Crippen LogP contribution in [0.25, 0.3) is 0 Å². The largest absolute Gasteiger partial charge is 0.288 e. The van der Waals surface area contributed by atoms with Crippen molar-refractivity contribution in [2.45, 2.75) is 70.6 Å². The third kappa shape index (κ3) is 5.73. The van der Waals surface area contributed by atoms with E-state index in [2.05, 4.69) is 21.2 Å². The number of alkyl halides is 1. The highest BCUT2D eigenvalue weighted by Gasteiger charge is 2.28. The molecule has 24 heavy (non-hydrogen) atoms. The van der Waals surface area contributed by atoms with Crippen LogP contribution in [0.3, 0.4) is 0 Å². The lowest BCUT2D eigenvalue weighted by atomic mass is 9.97. The van der Waals surface area contributed by atoms with Crippen LogP contribution in [0, 0.1) is 0 Å². The van der Waals surface area contributed by atoms with E-state index in [1.54, 1.807) is 6.07 Å². The zero-order chi connectivity index (χ0) is 17.2. The molecule has 1 N–H and O–H groups in total. The molecule has 0 spiro atoms. The molecule has 1 heterocycles. The van der Waals surface area contributed by atoms with E-state index < -0.39 is 0 Å². The zero-order valence-electron chi connectivity index (χ0n) is 14.4. The van der Waals surface area contributed by atoms with Crippen LogP contribution in [-0.4, -0.2) is 17.1 Å². The fraction of sp³-hybridized carbons (Fsp3) is 0.600. The van der Waals surface area contributed by atoms with Gasteiger partial charge in [-0.05, 0) is 30.9 Å². The Morgan fingerprint density at radius 2 is 1.33 bits per heavy atom. The quantitative estimate of drug-likeness (QED) is 0.293. The summed E-state index contributed by atoms with van der Waals surface area (Å²) in [5, 5.41) is 3.52. The van der Waals surface area contributed by atoms with E-state index in [0.29, 0.717) is 11.1 Å². The second kappa shape index (κ2) is 10.7. The van der Waals surface area contributed by atoms with Crippen molar-refractivity contribution in [1.82, 2.24) is 5.32 Å². The van der Waals surface area contributed by atoms with Gasteiger partial charge in [0, 0.05) is 5.33 Å². The van der Waals surface area contributed by atoms with Crippen molar-refractivity contribution in [3.8, 4) is 0 Å². The number of carbonyl (C=O) groups excluding carboxylic acids is 2. The maximum atomic E-state index is 11.9. The molecule has 1 aliphatic heterocycles. The molecule has 0 aromatic heterocycles. The average molecular weight is 394 g/mol. The number of imide groups is 1. The number of amides is 2. The summed E-state index contributed by atoms with van der Waals surface area (Å²) >= 11 is 3.47. The molecule has 0 atom stereocenters. The molecule has 2 rings (SSSR count). The monoisotopic (exact) mass is 393 g/mol. The molecule has 132 valence electrons. The normalized spacial score (nSPS) is 13.2. The molecule has 0 saturated heterocycles. The topological polar surface area (TPSA) is 46.2 Å². The van der Waals surface area contributed by atoms with Crippen molar-refractivity contribution in [3.63, 3.8) is 0 Å². The summed E-state index contributed by atoms with van der Waals surface area (Å²) in [4.78, 5) is 23.5. The van der Waals surface area contributed by atoms with E-state index in [4.69, 9.17) is 0 Å². The summed E-state index contributed by atoms with van der Waals surface area (Å²) < 4.78 is 0. The Bertz CT molecular complexity index is 557. The van der Waals surface area contributed by atoms with Gasteiger partial charge in [-0.15, -0.1) is 0 Å². The first-order chi connectivity index (χ1) is 11.7. The predicted octanol–water partition coefficient (Wildman–Crippen LogP) is 5.41. The lowest BCUT2D eigenvalue weighted by Crippen LogP contribution is -2.20. The van der Waals surface area contributed by atoms with E-state index in [1.165, 1.54) is 57.8 Å². The standard InChI is InChI=1S/C20H28BrNO2/c21-15-10-8-6-4-2-1-3-5-7-9-12-16-13-11-14-17-18(16)20(24)22-19(17)23/h11,13-14H,1-10,12,15H2,(H,22,23,24). The van der Waals surface area contributed by atoms with Gasteiger partial charge in [-0.2, -0.15) is 0 Å². The lowest BCUT2D eigenvalue weighted by molar-refractivity contribution is 0.0879. The molecular formula is C20H28BrNO2. The molecular weight excluding hydrogens is 366 g/mol. The first kappa shape index (κ1) is 19.2. The fourth-order valence-electron chi connectivity index (χ4n) is 3.32. The lowest BCUT2D eigenvalue weighted by Gasteiger charge is -2.06. The Balaban J connectivity index is 1.58. The fourth-order valence-corrected chi connectivity index (χ4v) is 3.72. The van der Waals surface area contributed by atoms with Crippen LogP contribution in [0.15, 0.2) is 18.2 Å². The first-order valence-electron chi connectivity index (χ1n) is 9.27. The van der Waals surface area contributed by atoms with Crippen molar-refractivity contribution in [2.75, 3.05) is 5.33 Å². The van der Waals surface area contributed by atoms with Crippen molar-refractivity contribution in [3.05, 3.63) is 34.9 Å². The third-order valence-electron chi connectivity index (χ3n) is 4.68. The number of hydrogen-bond acceptors (Lipinski definition) is 2. The number of nitrogens with one attached hydrogen (secondary N) is 1. The van der Waals surface area contributed by atoms with Gasteiger partial charge in [0.15, 0.2) is 0 Å². The Morgan fingerprint density at radius 1 is 0.750 bits per heavy atom. The predicted molar refractivity (Wildman–Crippen MR) is 102 cm³/mol. The number of hydrogen-bond donors (Lipinski definition) is 1. The van der Waals surface area contributed by atoms with Gasteiger partial charge in [-0.3, -0.25) is 14.9 Å². The van der Waals surface area contributed by atoms with Crippen LogP contribution in [0.1, 0.15) is 90.5 Å². The van der Waals surface area contributed by atoms with Gasteiger partial charge in [0.2, 0.25) is 0 Å². The summed E-state index contributed by atoms with van der Waals surface area (Å²) in [6.45, 7) is 0. The Labute approximate surface area is 153 Å². The van der Waals surface area contributed by atoms with Gasteiger partial charge < -0.3 is 0 Å². The molecule has 0 unspecified atom stereocenters. The van der Waals surface area contributed by atoms with Crippen molar-refractivity contribution in [1.29, 1.82) is 0 Å². The van der Waals surface area contributed by atoms with Crippen LogP contribution in [0.5, 0.6) is 0 Å². The minimum atomic E-state index is -0.256. The first-order valence-corrected chi connectivity index (χ1v) is 10.4. The number of unbranched alkanes of at least 4 members (excludes halogenated alkanes) is 9. The third-order valence-corrected chi connectivity index (χ3v) is 5.24. The van der Waals surface area contributed by atoms with Crippen molar-refractivity contribution < 1.29 is 9.59 Å². The van der Waals surface area contributed by atoms with E-state index >= 15 is 0 Å².